The van der Waals surface area contributed by atoms with Crippen molar-refractivity contribution in [3.05, 3.63) is 29.8 Å². The molecule has 0 aliphatic heterocycles. The van der Waals surface area contributed by atoms with Crippen LogP contribution in [0.5, 0.6) is 5.75 Å². The van der Waals surface area contributed by atoms with Gasteiger partial charge in [0.15, 0.2) is 12.4 Å². The molecule has 0 saturated carbocycles. The normalized spacial score (nSPS) is 10.8. The van der Waals surface area contributed by atoms with E-state index in [1.165, 1.54) is 6.92 Å². The van der Waals surface area contributed by atoms with Crippen molar-refractivity contribution in [2.45, 2.75) is 41.0 Å². The Morgan fingerprint density at radius 3 is 2.00 bits per heavy atom. The van der Waals surface area contributed by atoms with Crippen molar-refractivity contribution in [1.29, 1.82) is 0 Å². The van der Waals surface area contributed by atoms with E-state index >= 15 is 0 Å². The van der Waals surface area contributed by atoms with Gasteiger partial charge in [-0.3, -0.25) is 14.4 Å². The van der Waals surface area contributed by atoms with E-state index in [1.54, 1.807) is 29.2 Å². The second kappa shape index (κ2) is 11.4. The number of Topliss-reactive ketones (excluding diaryl/α,β-unsaturated/α-hetero) is 1. The highest BCUT2D eigenvalue weighted by molar-refractivity contribution is 5.94. The number of nitrogens with zero attached hydrogens (tertiary/aromatic N) is 1. The first-order chi connectivity index (χ1) is 12.7. The summed E-state index contributed by atoms with van der Waals surface area (Å²) in [7, 11) is 0. The molecule has 27 heavy (non-hydrogen) atoms. The van der Waals surface area contributed by atoms with E-state index in [4.69, 9.17) is 9.47 Å². The van der Waals surface area contributed by atoms with Crippen molar-refractivity contribution in [2.75, 3.05) is 26.3 Å². The molecule has 0 atom stereocenters. The molecule has 0 saturated heterocycles. The predicted octanol–water partition coefficient (Wildman–Crippen LogP) is 3.34. The number of carbonyl (C=O) groups is 3. The summed E-state index contributed by atoms with van der Waals surface area (Å²) in [5.74, 6) is 0.615. The highest BCUT2D eigenvalue weighted by Gasteiger charge is 2.18. The van der Waals surface area contributed by atoms with Crippen molar-refractivity contribution in [1.82, 2.24) is 4.90 Å². The topological polar surface area (TPSA) is 72.9 Å². The quantitative estimate of drug-likeness (QED) is 0.437. The van der Waals surface area contributed by atoms with Crippen molar-refractivity contribution in [2.24, 2.45) is 11.8 Å². The Morgan fingerprint density at radius 1 is 0.963 bits per heavy atom. The van der Waals surface area contributed by atoms with Crippen LogP contribution in [0, 0.1) is 11.8 Å². The van der Waals surface area contributed by atoms with Crippen molar-refractivity contribution in [3.63, 3.8) is 0 Å². The first-order valence-corrected chi connectivity index (χ1v) is 9.36. The highest BCUT2D eigenvalue weighted by Crippen LogP contribution is 2.13. The predicted molar refractivity (Wildman–Crippen MR) is 104 cm³/mol. The molecule has 6 heteroatoms. The summed E-state index contributed by atoms with van der Waals surface area (Å²) in [6.07, 6.45) is 0.0517. The van der Waals surface area contributed by atoms with Gasteiger partial charge in [0.05, 0.1) is 13.0 Å². The second-order valence-electron chi connectivity index (χ2n) is 7.43. The van der Waals surface area contributed by atoms with Gasteiger partial charge in [-0.1, -0.05) is 27.7 Å². The van der Waals surface area contributed by atoms with E-state index in [0.29, 0.717) is 36.2 Å². The van der Waals surface area contributed by atoms with E-state index in [9.17, 15) is 14.4 Å². The molecular formula is C21H31NO5. The van der Waals surface area contributed by atoms with Gasteiger partial charge in [-0.25, -0.2) is 0 Å². The summed E-state index contributed by atoms with van der Waals surface area (Å²) >= 11 is 0. The number of ether oxygens (including phenoxy) is 2. The SMILES string of the molecule is CC(=O)c1ccc(OCCC(=O)OCC(=O)N(CC(C)C)CC(C)C)cc1. The van der Waals surface area contributed by atoms with Crippen LogP contribution in [0.4, 0.5) is 0 Å². The zero-order valence-corrected chi connectivity index (χ0v) is 17.0. The van der Waals surface area contributed by atoms with E-state index < -0.39 is 5.97 Å². The fourth-order valence-corrected chi connectivity index (χ4v) is 2.50. The minimum Gasteiger partial charge on any atom is -0.493 e. The van der Waals surface area contributed by atoms with Gasteiger partial charge in [-0.15, -0.1) is 0 Å². The number of hydrogen-bond donors (Lipinski definition) is 0. The zero-order valence-electron chi connectivity index (χ0n) is 17.0. The van der Waals surface area contributed by atoms with Crippen LogP contribution in [0.2, 0.25) is 0 Å². The van der Waals surface area contributed by atoms with E-state index in [1.807, 2.05) is 27.7 Å². The van der Waals surface area contributed by atoms with Crippen molar-refractivity contribution < 1.29 is 23.9 Å². The molecule has 1 rings (SSSR count). The molecule has 0 aromatic heterocycles. The van der Waals surface area contributed by atoms with Crippen molar-refractivity contribution in [3.8, 4) is 5.75 Å². The molecule has 0 unspecified atom stereocenters. The maximum absolute atomic E-state index is 12.3. The Labute approximate surface area is 161 Å². The third-order valence-electron chi connectivity index (χ3n) is 3.72. The molecular weight excluding hydrogens is 346 g/mol. The summed E-state index contributed by atoms with van der Waals surface area (Å²) in [4.78, 5) is 37.1. The van der Waals surface area contributed by atoms with Gasteiger partial charge in [-0.05, 0) is 43.0 Å². The van der Waals surface area contributed by atoms with Crippen LogP contribution in [-0.4, -0.2) is 48.9 Å². The first-order valence-electron chi connectivity index (χ1n) is 9.36. The average Bonchev–Trinajstić information content (AvgIpc) is 2.58. The molecule has 1 amide bonds. The van der Waals surface area contributed by atoms with Crippen LogP contribution in [0.25, 0.3) is 0 Å². The molecule has 0 fully saturated rings. The fraction of sp³-hybridized carbons (Fsp3) is 0.571. The van der Waals surface area contributed by atoms with Crippen LogP contribution in [-0.2, 0) is 14.3 Å². The standard InChI is InChI=1S/C21H31NO5/c1-15(2)12-22(13-16(3)4)20(24)14-27-21(25)10-11-26-19-8-6-18(7-9-19)17(5)23/h6-9,15-16H,10-14H2,1-5H3. The summed E-state index contributed by atoms with van der Waals surface area (Å²) in [6, 6.07) is 6.71. The molecule has 150 valence electrons. The summed E-state index contributed by atoms with van der Waals surface area (Å²) in [5.41, 5.74) is 0.604. The monoisotopic (exact) mass is 377 g/mol. The largest absolute Gasteiger partial charge is 0.493 e. The Kier molecular flexibility index (Phi) is 9.54. The zero-order chi connectivity index (χ0) is 20.4. The number of ketones is 1. The number of carbonyl (C=O) groups excluding carboxylic acids is 3. The van der Waals surface area contributed by atoms with Crippen molar-refractivity contribution >= 4 is 17.7 Å². The minimum atomic E-state index is -0.474. The van der Waals surface area contributed by atoms with E-state index in [-0.39, 0.29) is 31.3 Å². The molecule has 0 N–H and O–H groups in total. The van der Waals surface area contributed by atoms with Crippen LogP contribution in [0.3, 0.4) is 0 Å². The lowest BCUT2D eigenvalue weighted by Crippen LogP contribution is -2.39. The fourth-order valence-electron chi connectivity index (χ4n) is 2.50. The Morgan fingerprint density at radius 2 is 1.52 bits per heavy atom. The maximum atomic E-state index is 12.3. The molecule has 0 heterocycles. The highest BCUT2D eigenvalue weighted by atomic mass is 16.5. The summed E-state index contributed by atoms with van der Waals surface area (Å²) in [5, 5.41) is 0. The van der Waals surface area contributed by atoms with Gasteiger partial charge in [0, 0.05) is 18.7 Å². The number of amides is 1. The van der Waals surface area contributed by atoms with Gasteiger partial charge in [0.1, 0.15) is 5.75 Å². The van der Waals surface area contributed by atoms with Crippen LogP contribution in [0.15, 0.2) is 24.3 Å². The summed E-state index contributed by atoms with van der Waals surface area (Å²) in [6.45, 7) is 10.9. The number of benzene rings is 1. The second-order valence-corrected chi connectivity index (χ2v) is 7.43. The lowest BCUT2D eigenvalue weighted by molar-refractivity contribution is -0.152. The molecule has 0 aliphatic rings. The third kappa shape index (κ3) is 9.22. The maximum Gasteiger partial charge on any atom is 0.309 e. The lowest BCUT2D eigenvalue weighted by Gasteiger charge is -2.26. The molecule has 6 nitrogen and oxygen atoms in total. The molecule has 1 aromatic carbocycles. The summed E-state index contributed by atoms with van der Waals surface area (Å²) < 4.78 is 10.5. The molecule has 0 spiro atoms. The third-order valence-corrected chi connectivity index (χ3v) is 3.72. The molecule has 0 aliphatic carbocycles. The Hall–Kier alpha value is -2.37. The van der Waals surface area contributed by atoms with Crippen LogP contribution in [0.1, 0.15) is 51.4 Å². The minimum absolute atomic E-state index is 0.0150. The Balaban J connectivity index is 2.36. The molecule has 1 aromatic rings. The van der Waals surface area contributed by atoms with Crippen LogP contribution < -0.4 is 4.74 Å². The van der Waals surface area contributed by atoms with Gasteiger partial charge < -0.3 is 14.4 Å². The van der Waals surface area contributed by atoms with Gasteiger partial charge in [-0.2, -0.15) is 0 Å². The van der Waals surface area contributed by atoms with Gasteiger partial charge in [0.25, 0.3) is 5.91 Å². The number of esters is 1. The number of rotatable bonds is 11. The average molecular weight is 377 g/mol. The Bertz CT molecular complexity index is 612. The van der Waals surface area contributed by atoms with Gasteiger partial charge >= 0.3 is 5.97 Å². The van der Waals surface area contributed by atoms with Crippen LogP contribution >= 0.6 is 0 Å². The first kappa shape index (κ1) is 22.7. The molecule has 0 radical (unpaired) electrons. The lowest BCUT2D eigenvalue weighted by atomic mass is 10.1. The number of hydrogen-bond acceptors (Lipinski definition) is 5. The van der Waals surface area contributed by atoms with E-state index in [0.717, 1.165) is 0 Å². The van der Waals surface area contributed by atoms with Gasteiger partial charge in [0.2, 0.25) is 0 Å². The molecule has 0 bridgehead atoms. The van der Waals surface area contributed by atoms with E-state index in [2.05, 4.69) is 0 Å². The smallest absolute Gasteiger partial charge is 0.309 e.